The molecule has 0 aromatic heterocycles. The SMILES string of the molecule is CCCCCCCCCCCCOCCOCCOC(=O)C(CC(=O)[O-])S(=O)(=O)O.[Na+]. The van der Waals surface area contributed by atoms with Gasteiger partial charge in [-0.1, -0.05) is 64.7 Å². The molecule has 0 fully saturated rings. The first-order valence-corrected chi connectivity index (χ1v) is 12.3. The fourth-order valence-corrected chi connectivity index (χ4v) is 3.43. The van der Waals surface area contributed by atoms with Crippen molar-refractivity contribution < 1.29 is 71.4 Å². The number of carboxylic acids is 1. The van der Waals surface area contributed by atoms with Gasteiger partial charge in [-0.3, -0.25) is 9.35 Å². The summed E-state index contributed by atoms with van der Waals surface area (Å²) >= 11 is 0. The van der Waals surface area contributed by atoms with Gasteiger partial charge in [0, 0.05) is 19.0 Å². The van der Waals surface area contributed by atoms with Crippen LogP contribution in [0.5, 0.6) is 0 Å². The van der Waals surface area contributed by atoms with Crippen molar-refractivity contribution >= 4 is 22.1 Å². The van der Waals surface area contributed by atoms with Crippen LogP contribution >= 0.6 is 0 Å². The first-order valence-electron chi connectivity index (χ1n) is 10.8. The number of ether oxygens (including phenoxy) is 3. The van der Waals surface area contributed by atoms with E-state index in [0.717, 1.165) is 12.8 Å². The first kappa shape index (κ1) is 32.9. The first-order chi connectivity index (χ1) is 14.3. The summed E-state index contributed by atoms with van der Waals surface area (Å²) in [5.41, 5.74) is 0. The van der Waals surface area contributed by atoms with Crippen molar-refractivity contribution in [1.82, 2.24) is 0 Å². The number of esters is 1. The van der Waals surface area contributed by atoms with E-state index >= 15 is 0 Å². The monoisotopic (exact) mass is 476 g/mol. The molecule has 0 radical (unpaired) electrons. The molecule has 0 bridgehead atoms. The zero-order chi connectivity index (χ0) is 22.7. The van der Waals surface area contributed by atoms with Gasteiger partial charge in [-0.05, 0) is 6.42 Å². The Bertz CT molecular complexity index is 555. The molecule has 0 aromatic carbocycles. The van der Waals surface area contributed by atoms with Gasteiger partial charge in [0.25, 0.3) is 10.1 Å². The minimum Gasteiger partial charge on any atom is -0.550 e. The number of hydrogen-bond donors (Lipinski definition) is 1. The number of hydrogen-bond acceptors (Lipinski definition) is 8. The van der Waals surface area contributed by atoms with Gasteiger partial charge < -0.3 is 24.1 Å². The van der Waals surface area contributed by atoms with Crippen LogP contribution in [0.3, 0.4) is 0 Å². The Balaban J connectivity index is 0. The van der Waals surface area contributed by atoms with E-state index in [-0.39, 0.29) is 49.4 Å². The van der Waals surface area contributed by atoms with Crippen molar-refractivity contribution in [3.8, 4) is 0 Å². The predicted octanol–water partition coefficient (Wildman–Crippen LogP) is -1.12. The smallest absolute Gasteiger partial charge is 0.550 e. The Labute approximate surface area is 208 Å². The second-order valence-corrected chi connectivity index (χ2v) is 8.75. The van der Waals surface area contributed by atoms with Gasteiger partial charge in [-0.25, -0.2) is 0 Å². The standard InChI is InChI=1S/C20H38O9S.Na/c1-2-3-4-5-6-7-8-9-10-11-12-27-13-14-28-15-16-29-20(23)18(17-19(21)22)30(24,25)26;/h18H,2-17H2,1H3,(H,21,22)(H,24,25,26);/q;+1/p-1. The third kappa shape index (κ3) is 21.4. The molecule has 11 heteroatoms. The third-order valence-electron chi connectivity index (χ3n) is 4.46. The molecule has 0 aromatic rings. The minimum atomic E-state index is -4.89. The van der Waals surface area contributed by atoms with E-state index in [1.807, 2.05) is 0 Å². The second-order valence-electron chi connectivity index (χ2n) is 7.15. The van der Waals surface area contributed by atoms with Gasteiger partial charge in [-0.2, -0.15) is 8.42 Å². The van der Waals surface area contributed by atoms with Crippen LogP contribution in [0.2, 0.25) is 0 Å². The number of carboxylic acid groups (broad SMARTS) is 1. The Hall–Kier alpha value is -0.230. The van der Waals surface area contributed by atoms with Gasteiger partial charge in [0.05, 0.1) is 19.8 Å². The average molecular weight is 477 g/mol. The van der Waals surface area contributed by atoms with Crippen LogP contribution < -0.4 is 34.7 Å². The molecule has 0 heterocycles. The van der Waals surface area contributed by atoms with Crippen LogP contribution in [-0.2, 0) is 33.9 Å². The molecule has 1 atom stereocenters. The van der Waals surface area contributed by atoms with Crippen molar-refractivity contribution in [2.45, 2.75) is 82.8 Å². The van der Waals surface area contributed by atoms with Crippen LogP contribution in [0.4, 0.5) is 0 Å². The summed E-state index contributed by atoms with van der Waals surface area (Å²) in [4.78, 5) is 22.0. The maximum Gasteiger partial charge on any atom is 1.00 e. The molecule has 1 unspecified atom stereocenters. The van der Waals surface area contributed by atoms with E-state index in [9.17, 15) is 23.1 Å². The molecule has 1 N–H and O–H groups in total. The topological polar surface area (TPSA) is 139 Å². The summed E-state index contributed by atoms with van der Waals surface area (Å²) < 4.78 is 46.1. The number of carbonyl (C=O) groups is 2. The molecule has 0 aliphatic rings. The van der Waals surface area contributed by atoms with Crippen LogP contribution in [0, 0.1) is 0 Å². The van der Waals surface area contributed by atoms with Crippen molar-refractivity contribution in [2.24, 2.45) is 0 Å². The molecule has 0 spiro atoms. The van der Waals surface area contributed by atoms with Gasteiger partial charge in [0.1, 0.15) is 6.61 Å². The van der Waals surface area contributed by atoms with E-state index in [1.165, 1.54) is 51.4 Å². The van der Waals surface area contributed by atoms with Crippen LogP contribution in [0.15, 0.2) is 0 Å². The number of carbonyl (C=O) groups excluding carboxylic acids is 2. The number of unbranched alkanes of at least 4 members (excludes halogenated alkanes) is 9. The normalized spacial score (nSPS) is 12.2. The van der Waals surface area contributed by atoms with E-state index < -0.39 is 33.7 Å². The number of rotatable bonds is 21. The maximum absolute atomic E-state index is 11.6. The summed E-state index contributed by atoms with van der Waals surface area (Å²) in [6.45, 7) is 3.29. The van der Waals surface area contributed by atoms with Crippen molar-refractivity contribution in [2.75, 3.05) is 33.0 Å². The second kappa shape index (κ2) is 21.6. The maximum atomic E-state index is 11.6. The Kier molecular flexibility index (Phi) is 23.0. The van der Waals surface area contributed by atoms with Crippen LogP contribution in [0.1, 0.15) is 77.6 Å². The van der Waals surface area contributed by atoms with Gasteiger partial charge in [0.15, 0.2) is 5.25 Å². The van der Waals surface area contributed by atoms with Crippen LogP contribution in [0.25, 0.3) is 0 Å². The van der Waals surface area contributed by atoms with Crippen LogP contribution in [-0.4, -0.2) is 63.2 Å². The number of aliphatic carboxylic acids is 1. The van der Waals surface area contributed by atoms with E-state index in [4.69, 9.17) is 14.0 Å². The Morgan fingerprint density at radius 3 is 1.74 bits per heavy atom. The molecule has 0 amide bonds. The minimum absolute atomic E-state index is 0. The molecule has 0 rings (SSSR count). The molecule has 0 saturated carbocycles. The van der Waals surface area contributed by atoms with Crippen molar-refractivity contribution in [1.29, 1.82) is 0 Å². The fraction of sp³-hybridized carbons (Fsp3) is 0.900. The molecule has 9 nitrogen and oxygen atoms in total. The predicted molar refractivity (Wildman–Crippen MR) is 109 cm³/mol. The molecule has 0 aliphatic heterocycles. The van der Waals surface area contributed by atoms with E-state index in [1.54, 1.807) is 0 Å². The summed E-state index contributed by atoms with van der Waals surface area (Å²) in [6.07, 6.45) is 11.4. The van der Waals surface area contributed by atoms with E-state index in [2.05, 4.69) is 11.7 Å². The summed E-state index contributed by atoms with van der Waals surface area (Å²) in [5, 5.41) is 8.26. The molecule has 178 valence electrons. The molecule has 0 aliphatic carbocycles. The largest absolute Gasteiger partial charge is 1.00 e. The molecular formula is C20H37NaO9S. The van der Waals surface area contributed by atoms with Crippen molar-refractivity contribution in [3.05, 3.63) is 0 Å². The van der Waals surface area contributed by atoms with Crippen molar-refractivity contribution in [3.63, 3.8) is 0 Å². The molecular weight excluding hydrogens is 439 g/mol. The van der Waals surface area contributed by atoms with E-state index in [0.29, 0.717) is 13.2 Å². The average Bonchev–Trinajstić information content (AvgIpc) is 2.67. The van der Waals surface area contributed by atoms with Gasteiger partial charge in [0.2, 0.25) is 0 Å². The quantitative estimate of drug-likeness (QED) is 0.0945. The summed E-state index contributed by atoms with van der Waals surface area (Å²) in [7, 11) is -4.89. The summed E-state index contributed by atoms with van der Waals surface area (Å²) in [6, 6.07) is 0. The Morgan fingerprint density at radius 1 is 0.806 bits per heavy atom. The van der Waals surface area contributed by atoms with Gasteiger partial charge in [-0.15, -0.1) is 0 Å². The third-order valence-corrected chi connectivity index (χ3v) is 5.54. The molecule has 31 heavy (non-hydrogen) atoms. The summed E-state index contributed by atoms with van der Waals surface area (Å²) in [5.74, 6) is -3.15. The van der Waals surface area contributed by atoms with Gasteiger partial charge >= 0.3 is 35.5 Å². The zero-order valence-corrected chi connectivity index (χ0v) is 21.8. The molecule has 0 saturated heterocycles. The Morgan fingerprint density at radius 2 is 1.26 bits per heavy atom. The fourth-order valence-electron chi connectivity index (χ4n) is 2.77. The zero-order valence-electron chi connectivity index (χ0n) is 19.0.